The lowest BCUT2D eigenvalue weighted by Crippen LogP contribution is -2.02. The highest BCUT2D eigenvalue weighted by Gasteiger charge is 2.11. The van der Waals surface area contributed by atoms with Crippen molar-refractivity contribution in [3.05, 3.63) is 64.2 Å². The zero-order valence-corrected chi connectivity index (χ0v) is 11.7. The fourth-order valence-electron chi connectivity index (χ4n) is 1.78. The fourth-order valence-corrected chi connectivity index (χ4v) is 1.95. The van der Waals surface area contributed by atoms with Gasteiger partial charge in [-0.1, -0.05) is 41.9 Å². The normalized spacial score (nSPS) is 10.3. The van der Waals surface area contributed by atoms with Crippen LogP contribution in [0.3, 0.4) is 0 Å². The molecule has 19 heavy (non-hydrogen) atoms. The molecule has 0 aliphatic rings. The van der Waals surface area contributed by atoms with Crippen molar-refractivity contribution >= 4 is 17.4 Å². The number of ether oxygens (including phenoxy) is 1. The number of hydrogen-bond acceptors (Lipinski definition) is 2. The van der Waals surface area contributed by atoms with Gasteiger partial charge < -0.3 is 4.74 Å². The second kappa shape index (κ2) is 5.89. The molecule has 0 aliphatic carbocycles. The molecule has 2 rings (SSSR count). The SMILES string of the molecule is CC(=O)c1cc(Cl)c(C)cc1OCc1ccccc1. The Morgan fingerprint density at radius 2 is 1.89 bits per heavy atom. The summed E-state index contributed by atoms with van der Waals surface area (Å²) in [5.74, 6) is 0.531. The van der Waals surface area contributed by atoms with Gasteiger partial charge in [-0.15, -0.1) is 0 Å². The minimum Gasteiger partial charge on any atom is -0.488 e. The first-order chi connectivity index (χ1) is 9.08. The van der Waals surface area contributed by atoms with E-state index in [1.165, 1.54) is 6.92 Å². The zero-order chi connectivity index (χ0) is 13.8. The van der Waals surface area contributed by atoms with Crippen molar-refractivity contribution in [2.75, 3.05) is 0 Å². The first-order valence-electron chi connectivity index (χ1n) is 6.05. The van der Waals surface area contributed by atoms with Crippen molar-refractivity contribution in [3.8, 4) is 5.75 Å². The summed E-state index contributed by atoms with van der Waals surface area (Å²) < 4.78 is 5.74. The molecular formula is C16H15ClO2. The minimum atomic E-state index is -0.0510. The Morgan fingerprint density at radius 3 is 2.53 bits per heavy atom. The van der Waals surface area contributed by atoms with E-state index in [-0.39, 0.29) is 5.78 Å². The topological polar surface area (TPSA) is 26.3 Å². The molecule has 0 aliphatic heterocycles. The highest BCUT2D eigenvalue weighted by atomic mass is 35.5. The minimum absolute atomic E-state index is 0.0510. The van der Waals surface area contributed by atoms with E-state index in [2.05, 4.69) is 0 Å². The molecule has 0 amide bonds. The van der Waals surface area contributed by atoms with E-state index in [0.717, 1.165) is 11.1 Å². The summed E-state index contributed by atoms with van der Waals surface area (Å²) in [6, 6.07) is 13.3. The van der Waals surface area contributed by atoms with Gasteiger partial charge in [-0.3, -0.25) is 4.79 Å². The van der Waals surface area contributed by atoms with Crippen LogP contribution in [0.5, 0.6) is 5.75 Å². The largest absolute Gasteiger partial charge is 0.488 e. The summed E-state index contributed by atoms with van der Waals surface area (Å²) in [5.41, 5.74) is 2.48. The lowest BCUT2D eigenvalue weighted by Gasteiger charge is -2.12. The molecule has 2 aromatic carbocycles. The van der Waals surface area contributed by atoms with Crippen molar-refractivity contribution in [3.63, 3.8) is 0 Å². The van der Waals surface area contributed by atoms with Crippen molar-refractivity contribution < 1.29 is 9.53 Å². The zero-order valence-electron chi connectivity index (χ0n) is 10.9. The predicted octanol–water partition coefficient (Wildman–Crippen LogP) is 4.43. The molecule has 2 nitrogen and oxygen atoms in total. The molecule has 0 N–H and O–H groups in total. The maximum Gasteiger partial charge on any atom is 0.163 e. The van der Waals surface area contributed by atoms with Crippen molar-refractivity contribution in [1.82, 2.24) is 0 Å². The molecule has 0 bridgehead atoms. The van der Waals surface area contributed by atoms with Gasteiger partial charge in [0.05, 0.1) is 5.56 Å². The Hall–Kier alpha value is -1.80. The van der Waals surface area contributed by atoms with Crippen LogP contribution in [0.4, 0.5) is 0 Å². The molecular weight excluding hydrogens is 260 g/mol. The van der Waals surface area contributed by atoms with Gasteiger partial charge >= 0.3 is 0 Å². The monoisotopic (exact) mass is 274 g/mol. The van der Waals surface area contributed by atoms with E-state index < -0.39 is 0 Å². The second-order valence-electron chi connectivity index (χ2n) is 4.43. The summed E-state index contributed by atoms with van der Waals surface area (Å²) in [7, 11) is 0. The Kier molecular flexibility index (Phi) is 4.23. The van der Waals surface area contributed by atoms with Crippen molar-refractivity contribution in [2.45, 2.75) is 20.5 Å². The quantitative estimate of drug-likeness (QED) is 0.771. The molecule has 98 valence electrons. The molecule has 0 unspecified atom stereocenters. The van der Waals surface area contributed by atoms with Crippen molar-refractivity contribution in [2.24, 2.45) is 0 Å². The molecule has 3 heteroatoms. The van der Waals surface area contributed by atoms with E-state index in [9.17, 15) is 4.79 Å². The van der Waals surface area contributed by atoms with Gasteiger partial charge in [-0.25, -0.2) is 0 Å². The molecule has 0 fully saturated rings. The average Bonchev–Trinajstić information content (AvgIpc) is 2.40. The molecule has 0 radical (unpaired) electrons. The smallest absolute Gasteiger partial charge is 0.163 e. The molecule has 0 spiro atoms. The van der Waals surface area contributed by atoms with Gasteiger partial charge in [-0.05, 0) is 37.1 Å². The van der Waals surface area contributed by atoms with Gasteiger partial charge in [0.15, 0.2) is 5.78 Å². The average molecular weight is 275 g/mol. The summed E-state index contributed by atoms with van der Waals surface area (Å²) in [6.45, 7) is 3.83. The second-order valence-corrected chi connectivity index (χ2v) is 4.84. The summed E-state index contributed by atoms with van der Waals surface area (Å²) in [5, 5.41) is 0.581. The number of aryl methyl sites for hydroxylation is 1. The van der Waals surface area contributed by atoms with E-state index in [4.69, 9.17) is 16.3 Å². The van der Waals surface area contributed by atoms with Crippen LogP contribution >= 0.6 is 11.6 Å². The van der Waals surface area contributed by atoms with Gasteiger partial charge in [0.2, 0.25) is 0 Å². The summed E-state index contributed by atoms with van der Waals surface area (Å²) >= 11 is 6.04. The molecule has 0 atom stereocenters. The third-order valence-electron chi connectivity index (χ3n) is 2.88. The van der Waals surface area contributed by atoms with Crippen LogP contribution in [-0.2, 0) is 6.61 Å². The first kappa shape index (κ1) is 13.6. The van der Waals surface area contributed by atoms with Gasteiger partial charge in [0, 0.05) is 5.02 Å². The number of rotatable bonds is 4. The third kappa shape index (κ3) is 3.36. The standard InChI is InChI=1S/C16H15ClO2/c1-11-8-16(14(12(2)18)9-15(11)17)19-10-13-6-4-3-5-7-13/h3-9H,10H2,1-2H3. The lowest BCUT2D eigenvalue weighted by molar-refractivity contribution is 0.101. The molecule has 0 saturated carbocycles. The van der Waals surface area contributed by atoms with Crippen LogP contribution in [0.1, 0.15) is 28.4 Å². The molecule has 0 saturated heterocycles. The van der Waals surface area contributed by atoms with Crippen LogP contribution < -0.4 is 4.74 Å². The van der Waals surface area contributed by atoms with E-state index in [1.807, 2.05) is 43.3 Å². The van der Waals surface area contributed by atoms with Crippen LogP contribution in [0.25, 0.3) is 0 Å². The van der Waals surface area contributed by atoms with Crippen LogP contribution in [0.2, 0.25) is 5.02 Å². The van der Waals surface area contributed by atoms with E-state index >= 15 is 0 Å². The number of Topliss-reactive ketones (excluding diaryl/α,β-unsaturated/α-hetero) is 1. The first-order valence-corrected chi connectivity index (χ1v) is 6.43. The predicted molar refractivity (Wildman–Crippen MR) is 77.0 cm³/mol. The lowest BCUT2D eigenvalue weighted by atomic mass is 10.1. The number of benzene rings is 2. The molecule has 0 heterocycles. The van der Waals surface area contributed by atoms with E-state index in [1.54, 1.807) is 6.07 Å². The Bertz CT molecular complexity index is 591. The Labute approximate surface area is 118 Å². The Morgan fingerprint density at radius 1 is 1.21 bits per heavy atom. The number of halogens is 1. The van der Waals surface area contributed by atoms with Crippen LogP contribution in [0, 0.1) is 6.92 Å². The fraction of sp³-hybridized carbons (Fsp3) is 0.188. The Balaban J connectivity index is 2.24. The summed E-state index contributed by atoms with van der Waals surface area (Å²) in [4.78, 5) is 11.6. The third-order valence-corrected chi connectivity index (χ3v) is 3.28. The maximum atomic E-state index is 11.6. The number of ketones is 1. The van der Waals surface area contributed by atoms with Gasteiger partial charge in [0.1, 0.15) is 12.4 Å². The van der Waals surface area contributed by atoms with Crippen molar-refractivity contribution in [1.29, 1.82) is 0 Å². The molecule has 2 aromatic rings. The highest BCUT2D eigenvalue weighted by molar-refractivity contribution is 6.31. The number of hydrogen-bond donors (Lipinski definition) is 0. The maximum absolute atomic E-state index is 11.6. The van der Waals surface area contributed by atoms with Gasteiger partial charge in [0.25, 0.3) is 0 Å². The number of carbonyl (C=O) groups is 1. The summed E-state index contributed by atoms with van der Waals surface area (Å²) in [6.07, 6.45) is 0. The highest BCUT2D eigenvalue weighted by Crippen LogP contribution is 2.27. The molecule has 0 aromatic heterocycles. The van der Waals surface area contributed by atoms with Gasteiger partial charge in [-0.2, -0.15) is 0 Å². The number of carbonyl (C=O) groups excluding carboxylic acids is 1. The van der Waals surface area contributed by atoms with E-state index in [0.29, 0.717) is 22.9 Å². The van der Waals surface area contributed by atoms with Crippen LogP contribution in [0.15, 0.2) is 42.5 Å². The van der Waals surface area contributed by atoms with Crippen LogP contribution in [-0.4, -0.2) is 5.78 Å².